The van der Waals surface area contributed by atoms with Crippen LogP contribution in [0.15, 0.2) is 87.3 Å². The molecule has 1 N–H and O–H groups in total. The minimum atomic E-state index is -3.98. The molecule has 0 heterocycles. The third kappa shape index (κ3) is 5.97. The Hall–Kier alpha value is -2.68. The first-order valence-corrected chi connectivity index (χ1v) is 12.2. The zero-order valence-electron chi connectivity index (χ0n) is 17.4. The average Bonchev–Trinajstić information content (AvgIpc) is 2.77. The largest absolute Gasteiger partial charge is 0.271 e. The molecule has 32 heavy (non-hydrogen) atoms. The number of amides is 1. The highest BCUT2D eigenvalue weighted by Gasteiger charge is 2.27. The number of nitrogens with one attached hydrogen (secondary N) is 1. The van der Waals surface area contributed by atoms with Crippen LogP contribution in [-0.2, 0) is 14.8 Å². The summed E-state index contributed by atoms with van der Waals surface area (Å²) < 4.78 is 28.5. The van der Waals surface area contributed by atoms with Crippen LogP contribution < -0.4 is 9.73 Å². The summed E-state index contributed by atoms with van der Waals surface area (Å²) in [5, 5.41) is 4.69. The molecular weight excluding hydrogens is 514 g/mol. The normalized spacial score (nSPS) is 11.8. The second-order valence-corrected chi connectivity index (χ2v) is 10.3. The monoisotopic (exact) mass is 533 g/mol. The van der Waals surface area contributed by atoms with E-state index in [4.69, 9.17) is 11.6 Å². The van der Waals surface area contributed by atoms with Gasteiger partial charge in [0.25, 0.3) is 15.9 Å². The maximum absolute atomic E-state index is 13.3. The molecule has 0 atom stereocenters. The van der Waals surface area contributed by atoms with E-state index in [9.17, 15) is 13.2 Å². The Morgan fingerprint density at radius 2 is 1.59 bits per heavy atom. The van der Waals surface area contributed by atoms with E-state index < -0.39 is 22.5 Å². The molecule has 0 unspecified atom stereocenters. The number of rotatable bonds is 7. The fourth-order valence-corrected chi connectivity index (χ4v) is 4.64. The molecule has 1 amide bonds. The van der Waals surface area contributed by atoms with E-state index in [2.05, 4.69) is 26.5 Å². The number of sulfonamides is 1. The summed E-state index contributed by atoms with van der Waals surface area (Å²) in [6.45, 7) is 3.17. The Balaban J connectivity index is 1.86. The summed E-state index contributed by atoms with van der Waals surface area (Å²) in [5.41, 5.74) is 5.08. The van der Waals surface area contributed by atoms with Crippen molar-refractivity contribution in [3.63, 3.8) is 0 Å². The number of nitrogens with zero attached hydrogens (tertiary/aromatic N) is 2. The minimum absolute atomic E-state index is 0.0969. The summed E-state index contributed by atoms with van der Waals surface area (Å²) in [4.78, 5) is 12.8. The molecule has 0 saturated heterocycles. The average molecular weight is 535 g/mol. The van der Waals surface area contributed by atoms with Crippen molar-refractivity contribution in [3.05, 3.63) is 93.4 Å². The Bertz CT molecular complexity index is 1230. The number of benzene rings is 3. The van der Waals surface area contributed by atoms with Gasteiger partial charge in [-0.05, 0) is 67.9 Å². The van der Waals surface area contributed by atoms with Crippen molar-refractivity contribution in [3.8, 4) is 0 Å². The van der Waals surface area contributed by atoms with Crippen LogP contribution in [0.5, 0.6) is 0 Å². The lowest BCUT2D eigenvalue weighted by atomic mass is 10.1. The number of hydrogen-bond acceptors (Lipinski definition) is 4. The molecule has 0 bridgehead atoms. The molecule has 0 spiro atoms. The van der Waals surface area contributed by atoms with Gasteiger partial charge in [-0.1, -0.05) is 57.4 Å². The number of aryl methyl sites for hydroxylation is 1. The molecule has 3 aromatic rings. The zero-order valence-corrected chi connectivity index (χ0v) is 20.6. The number of hydrogen-bond donors (Lipinski definition) is 1. The first-order valence-electron chi connectivity index (χ1n) is 9.61. The van der Waals surface area contributed by atoms with Crippen LogP contribution in [0.3, 0.4) is 0 Å². The fourth-order valence-electron chi connectivity index (χ4n) is 2.83. The highest BCUT2D eigenvalue weighted by molar-refractivity contribution is 9.10. The van der Waals surface area contributed by atoms with Gasteiger partial charge in [0.15, 0.2) is 0 Å². The lowest BCUT2D eigenvalue weighted by Crippen LogP contribution is -2.39. The van der Waals surface area contributed by atoms with Crippen LogP contribution in [0.25, 0.3) is 0 Å². The van der Waals surface area contributed by atoms with Crippen molar-refractivity contribution >= 4 is 54.9 Å². The van der Waals surface area contributed by atoms with Gasteiger partial charge in [0.1, 0.15) is 6.54 Å². The Morgan fingerprint density at radius 3 is 2.19 bits per heavy atom. The first kappa shape index (κ1) is 24.0. The van der Waals surface area contributed by atoms with E-state index in [1.165, 1.54) is 12.1 Å². The summed E-state index contributed by atoms with van der Waals surface area (Å²) in [5.74, 6) is -0.572. The van der Waals surface area contributed by atoms with Crippen molar-refractivity contribution in [1.82, 2.24) is 5.43 Å². The van der Waals surface area contributed by atoms with Gasteiger partial charge in [-0.25, -0.2) is 13.8 Å². The molecule has 0 fully saturated rings. The number of halogens is 2. The molecule has 0 aliphatic carbocycles. The molecule has 0 aromatic heterocycles. The van der Waals surface area contributed by atoms with E-state index >= 15 is 0 Å². The summed E-state index contributed by atoms with van der Waals surface area (Å²) in [6.07, 6.45) is 0. The molecule has 0 radical (unpaired) electrons. The quantitative estimate of drug-likeness (QED) is 0.336. The topological polar surface area (TPSA) is 78.8 Å². The Labute approximate surface area is 201 Å². The van der Waals surface area contributed by atoms with Gasteiger partial charge in [0, 0.05) is 9.50 Å². The molecule has 9 heteroatoms. The van der Waals surface area contributed by atoms with E-state index in [0.717, 1.165) is 19.9 Å². The van der Waals surface area contributed by atoms with Gasteiger partial charge in [0.2, 0.25) is 0 Å². The van der Waals surface area contributed by atoms with Crippen LogP contribution in [-0.4, -0.2) is 26.6 Å². The van der Waals surface area contributed by atoms with Crippen LogP contribution in [0, 0.1) is 6.92 Å². The highest BCUT2D eigenvalue weighted by Crippen LogP contribution is 2.25. The standard InChI is InChI=1S/C23H21BrClN3O3S/c1-16-3-13-22(14-4-16)32(30,31)28(21-11-7-19(24)8-12-21)15-23(29)27-26-17(2)18-5-9-20(25)10-6-18/h3-14H,15H2,1-2H3,(H,27,29)/b26-17-. The molecule has 0 saturated carbocycles. The number of carbonyl (C=O) groups is 1. The van der Waals surface area contributed by atoms with E-state index in [1.807, 2.05) is 6.92 Å². The molecular formula is C23H21BrClN3O3S. The molecule has 0 aliphatic heterocycles. The fraction of sp³-hybridized carbons (Fsp3) is 0.130. The number of hydrazone groups is 1. The van der Waals surface area contributed by atoms with E-state index in [1.54, 1.807) is 67.6 Å². The van der Waals surface area contributed by atoms with Gasteiger partial charge in [-0.15, -0.1) is 0 Å². The lowest BCUT2D eigenvalue weighted by Gasteiger charge is -2.24. The Morgan fingerprint density at radius 1 is 1.00 bits per heavy atom. The van der Waals surface area contributed by atoms with Gasteiger partial charge in [0.05, 0.1) is 16.3 Å². The third-order valence-corrected chi connectivity index (χ3v) is 7.19. The van der Waals surface area contributed by atoms with Crippen molar-refractivity contribution in [2.75, 3.05) is 10.8 Å². The van der Waals surface area contributed by atoms with Crippen molar-refractivity contribution in [2.45, 2.75) is 18.7 Å². The lowest BCUT2D eigenvalue weighted by molar-refractivity contribution is -0.119. The van der Waals surface area contributed by atoms with Crippen LogP contribution in [0.2, 0.25) is 5.02 Å². The van der Waals surface area contributed by atoms with Gasteiger partial charge >= 0.3 is 0 Å². The van der Waals surface area contributed by atoms with E-state index in [0.29, 0.717) is 16.4 Å². The summed E-state index contributed by atoms with van der Waals surface area (Å²) >= 11 is 9.24. The molecule has 3 aromatic carbocycles. The zero-order chi connectivity index (χ0) is 23.3. The third-order valence-electron chi connectivity index (χ3n) is 4.62. The summed E-state index contributed by atoms with van der Waals surface area (Å²) in [7, 11) is -3.98. The molecule has 0 aliphatic rings. The second kappa shape index (κ2) is 10.3. The van der Waals surface area contributed by atoms with Gasteiger partial charge in [-0.2, -0.15) is 5.10 Å². The van der Waals surface area contributed by atoms with Crippen LogP contribution in [0.1, 0.15) is 18.1 Å². The minimum Gasteiger partial charge on any atom is -0.271 e. The van der Waals surface area contributed by atoms with Crippen molar-refractivity contribution in [1.29, 1.82) is 0 Å². The highest BCUT2D eigenvalue weighted by atomic mass is 79.9. The second-order valence-electron chi connectivity index (χ2n) is 7.04. The van der Waals surface area contributed by atoms with Crippen LogP contribution in [0.4, 0.5) is 5.69 Å². The summed E-state index contributed by atoms with van der Waals surface area (Å²) in [6, 6.07) is 20.2. The smallest absolute Gasteiger partial charge is 0.264 e. The van der Waals surface area contributed by atoms with Crippen molar-refractivity contribution < 1.29 is 13.2 Å². The SMILES string of the molecule is C/C(=N/NC(=O)CN(c1ccc(Br)cc1)S(=O)(=O)c1ccc(C)cc1)c1ccc(Cl)cc1. The Kier molecular flexibility index (Phi) is 7.71. The van der Waals surface area contributed by atoms with Gasteiger partial charge in [-0.3, -0.25) is 9.10 Å². The van der Waals surface area contributed by atoms with Crippen molar-refractivity contribution in [2.24, 2.45) is 5.10 Å². The molecule has 166 valence electrons. The molecule has 6 nitrogen and oxygen atoms in total. The maximum atomic E-state index is 13.3. The molecule has 3 rings (SSSR count). The predicted octanol–water partition coefficient (Wildman–Crippen LogP) is 5.15. The first-order chi connectivity index (χ1) is 15.2. The number of carbonyl (C=O) groups excluding carboxylic acids is 1. The van der Waals surface area contributed by atoms with E-state index in [-0.39, 0.29) is 4.90 Å². The number of anilines is 1. The maximum Gasteiger partial charge on any atom is 0.264 e. The van der Waals surface area contributed by atoms with Crippen LogP contribution >= 0.6 is 27.5 Å². The predicted molar refractivity (Wildman–Crippen MR) is 132 cm³/mol. The van der Waals surface area contributed by atoms with Gasteiger partial charge < -0.3 is 0 Å².